The van der Waals surface area contributed by atoms with Gasteiger partial charge in [-0.15, -0.1) is 0 Å². The van der Waals surface area contributed by atoms with Crippen LogP contribution < -0.4 is 10.2 Å². The third-order valence-electron chi connectivity index (χ3n) is 4.18. The summed E-state index contributed by atoms with van der Waals surface area (Å²) in [5, 5.41) is 23.7. The Morgan fingerprint density at radius 3 is 2.83 bits per heavy atom. The minimum atomic E-state index is -0.399. The first-order valence-corrected chi connectivity index (χ1v) is 8.52. The highest BCUT2D eigenvalue weighted by molar-refractivity contribution is 9.10. The van der Waals surface area contributed by atoms with Gasteiger partial charge < -0.3 is 15.3 Å². The largest absolute Gasteiger partial charge is 0.392 e. The van der Waals surface area contributed by atoms with Gasteiger partial charge in [-0.25, -0.2) is 0 Å². The van der Waals surface area contributed by atoms with E-state index in [1.165, 1.54) is 6.07 Å². The Hall–Kier alpha value is -2.12. The number of hydrogen-bond acceptors (Lipinski definition) is 5. The molecule has 0 saturated carbocycles. The Bertz CT molecular complexity index is 754. The number of halogens is 1. The van der Waals surface area contributed by atoms with Crippen molar-refractivity contribution in [3.8, 4) is 0 Å². The van der Waals surface area contributed by atoms with Crippen molar-refractivity contribution in [2.24, 2.45) is 0 Å². The molecular formula is C17H18BrN3O3. The Kier molecular flexibility index (Phi) is 5.01. The van der Waals surface area contributed by atoms with Gasteiger partial charge in [0.15, 0.2) is 0 Å². The maximum absolute atomic E-state index is 11.2. The molecule has 0 aliphatic carbocycles. The van der Waals surface area contributed by atoms with E-state index >= 15 is 0 Å². The van der Waals surface area contributed by atoms with Gasteiger partial charge in [-0.05, 0) is 52.2 Å². The van der Waals surface area contributed by atoms with Crippen molar-refractivity contribution >= 4 is 33.0 Å². The van der Waals surface area contributed by atoms with E-state index in [1.54, 1.807) is 12.1 Å². The van der Waals surface area contributed by atoms with Crippen LogP contribution in [0.2, 0.25) is 0 Å². The number of rotatable bonds is 5. The van der Waals surface area contributed by atoms with Gasteiger partial charge in [-0.2, -0.15) is 0 Å². The highest BCUT2D eigenvalue weighted by Crippen LogP contribution is 2.31. The first-order valence-electron chi connectivity index (χ1n) is 7.72. The van der Waals surface area contributed by atoms with Crippen LogP contribution in [0.25, 0.3) is 0 Å². The van der Waals surface area contributed by atoms with Crippen LogP contribution in [0.5, 0.6) is 0 Å². The molecule has 126 valence electrons. The van der Waals surface area contributed by atoms with Gasteiger partial charge >= 0.3 is 0 Å². The molecule has 1 unspecified atom stereocenters. The highest BCUT2D eigenvalue weighted by atomic mass is 79.9. The number of hydrogen-bond donors (Lipinski definition) is 2. The zero-order valence-electron chi connectivity index (χ0n) is 13.0. The Balaban J connectivity index is 1.76. The van der Waals surface area contributed by atoms with Gasteiger partial charge in [0, 0.05) is 29.7 Å². The highest BCUT2D eigenvalue weighted by Gasteiger charge is 2.26. The third kappa shape index (κ3) is 3.52. The van der Waals surface area contributed by atoms with Gasteiger partial charge in [0.1, 0.15) is 5.69 Å². The van der Waals surface area contributed by atoms with Crippen LogP contribution in [0, 0.1) is 10.1 Å². The Labute approximate surface area is 148 Å². The zero-order chi connectivity index (χ0) is 17.1. The van der Waals surface area contributed by atoms with E-state index in [9.17, 15) is 15.2 Å². The molecule has 3 rings (SSSR count). The molecule has 1 aliphatic heterocycles. The first-order chi connectivity index (χ1) is 11.6. The van der Waals surface area contributed by atoms with Crippen LogP contribution in [0.3, 0.4) is 0 Å². The summed E-state index contributed by atoms with van der Waals surface area (Å²) in [4.78, 5) is 13.1. The topological polar surface area (TPSA) is 78.6 Å². The van der Waals surface area contributed by atoms with Gasteiger partial charge in [0.25, 0.3) is 5.69 Å². The van der Waals surface area contributed by atoms with Crippen molar-refractivity contribution in [3.05, 3.63) is 62.6 Å². The van der Waals surface area contributed by atoms with Gasteiger partial charge in [0.05, 0.1) is 17.2 Å². The Morgan fingerprint density at radius 1 is 1.33 bits per heavy atom. The lowest BCUT2D eigenvalue weighted by molar-refractivity contribution is -0.384. The fraction of sp³-hybridized carbons (Fsp3) is 0.294. The van der Waals surface area contributed by atoms with E-state index in [0.29, 0.717) is 11.3 Å². The number of nitro benzene ring substituents is 1. The number of nitrogens with zero attached hydrogens (tertiary/aromatic N) is 2. The maximum atomic E-state index is 11.2. The van der Waals surface area contributed by atoms with Gasteiger partial charge in [0.2, 0.25) is 0 Å². The van der Waals surface area contributed by atoms with Crippen molar-refractivity contribution in [1.82, 2.24) is 0 Å². The molecule has 2 aromatic rings. The van der Waals surface area contributed by atoms with Crippen molar-refractivity contribution in [2.75, 3.05) is 23.3 Å². The second-order valence-corrected chi connectivity index (χ2v) is 6.65. The first kappa shape index (κ1) is 16.7. The van der Waals surface area contributed by atoms with Crippen LogP contribution in [0.1, 0.15) is 12.0 Å². The molecule has 0 bridgehead atoms. The lowest BCUT2D eigenvalue weighted by Crippen LogP contribution is -2.26. The average Bonchev–Trinajstić information content (AvgIpc) is 3.03. The molecule has 0 amide bonds. The molecule has 0 radical (unpaired) electrons. The summed E-state index contributed by atoms with van der Waals surface area (Å²) in [6.45, 7) is 1.51. The third-order valence-corrected chi connectivity index (χ3v) is 4.85. The lowest BCUT2D eigenvalue weighted by Gasteiger charge is -2.21. The average molecular weight is 392 g/mol. The number of aliphatic hydroxyl groups excluding tert-OH is 1. The summed E-state index contributed by atoms with van der Waals surface area (Å²) >= 11 is 3.56. The summed E-state index contributed by atoms with van der Waals surface area (Å²) < 4.78 is 1.04. The fourth-order valence-corrected chi connectivity index (χ4v) is 3.52. The van der Waals surface area contributed by atoms with Crippen molar-refractivity contribution in [2.45, 2.75) is 19.1 Å². The molecule has 1 fully saturated rings. The van der Waals surface area contributed by atoms with Crippen LogP contribution in [-0.2, 0) is 6.61 Å². The van der Waals surface area contributed by atoms with Crippen molar-refractivity contribution in [1.29, 1.82) is 0 Å². The number of nitro groups is 1. The number of anilines is 2. The molecule has 24 heavy (non-hydrogen) atoms. The minimum absolute atomic E-state index is 0.0338. The normalized spacial score (nSPS) is 17.1. The summed E-state index contributed by atoms with van der Waals surface area (Å²) in [5.74, 6) is 0. The van der Waals surface area contributed by atoms with Crippen LogP contribution in [-0.4, -0.2) is 29.2 Å². The number of nitrogens with one attached hydrogen (secondary N) is 1. The van der Waals surface area contributed by atoms with E-state index in [4.69, 9.17) is 0 Å². The summed E-state index contributed by atoms with van der Waals surface area (Å²) in [6.07, 6.45) is 0.891. The van der Waals surface area contributed by atoms with Crippen LogP contribution in [0.4, 0.5) is 17.1 Å². The predicted octanol–water partition coefficient (Wildman–Crippen LogP) is 3.54. The molecular weight excluding hydrogens is 374 g/mol. The van der Waals surface area contributed by atoms with Crippen LogP contribution >= 0.6 is 15.9 Å². The number of benzene rings is 2. The molecule has 1 heterocycles. The number of para-hydroxylation sites is 1. The van der Waals surface area contributed by atoms with E-state index in [2.05, 4.69) is 32.2 Å². The van der Waals surface area contributed by atoms with Crippen LogP contribution in [0.15, 0.2) is 46.9 Å². The quantitative estimate of drug-likeness (QED) is 0.601. The van der Waals surface area contributed by atoms with Crippen molar-refractivity contribution < 1.29 is 10.0 Å². The zero-order valence-corrected chi connectivity index (χ0v) is 14.6. The molecule has 2 aromatic carbocycles. The number of aliphatic hydroxyl groups is 1. The molecule has 0 spiro atoms. The van der Waals surface area contributed by atoms with Gasteiger partial charge in [-0.3, -0.25) is 10.1 Å². The van der Waals surface area contributed by atoms with E-state index < -0.39 is 4.92 Å². The molecule has 1 aliphatic rings. The lowest BCUT2D eigenvalue weighted by atomic mass is 10.1. The second kappa shape index (κ2) is 7.19. The molecule has 2 N–H and O–H groups in total. The molecule has 0 aromatic heterocycles. The smallest absolute Gasteiger partial charge is 0.292 e. The predicted molar refractivity (Wildman–Crippen MR) is 97.4 cm³/mol. The monoisotopic (exact) mass is 391 g/mol. The van der Waals surface area contributed by atoms with Crippen molar-refractivity contribution in [3.63, 3.8) is 0 Å². The molecule has 7 heteroatoms. The fourth-order valence-electron chi connectivity index (χ4n) is 2.98. The maximum Gasteiger partial charge on any atom is 0.292 e. The van der Waals surface area contributed by atoms with E-state index in [-0.39, 0.29) is 18.3 Å². The second-order valence-electron chi connectivity index (χ2n) is 5.79. The SMILES string of the molecule is O=[N+]([O-])c1ccc(CO)cc1NC1CCN(c2ccccc2Br)C1. The summed E-state index contributed by atoms with van der Waals surface area (Å²) in [7, 11) is 0. The molecule has 1 saturated heterocycles. The minimum Gasteiger partial charge on any atom is -0.392 e. The summed E-state index contributed by atoms with van der Waals surface area (Å²) in [6, 6.07) is 12.8. The van der Waals surface area contributed by atoms with E-state index in [0.717, 1.165) is 29.7 Å². The molecule has 6 nitrogen and oxygen atoms in total. The standard InChI is InChI=1S/C17H18BrN3O3/c18-14-3-1-2-4-16(14)20-8-7-13(10-20)19-15-9-12(11-22)5-6-17(15)21(23)24/h1-6,9,13,19,22H,7-8,10-11H2. The van der Waals surface area contributed by atoms with Gasteiger partial charge in [-0.1, -0.05) is 12.1 Å². The summed E-state index contributed by atoms with van der Waals surface area (Å²) in [5.41, 5.74) is 2.28. The van der Waals surface area contributed by atoms with E-state index in [1.807, 2.05) is 18.2 Å². The molecule has 1 atom stereocenters. The Morgan fingerprint density at radius 2 is 2.12 bits per heavy atom.